The summed E-state index contributed by atoms with van der Waals surface area (Å²) >= 11 is 0. The van der Waals surface area contributed by atoms with Crippen LogP contribution in [0.2, 0.25) is 0 Å². The molecule has 0 radical (unpaired) electrons. The average Bonchev–Trinajstić information content (AvgIpc) is 3.12. The molecule has 0 spiro atoms. The second kappa shape index (κ2) is 6.19. The molecule has 0 aliphatic heterocycles. The van der Waals surface area contributed by atoms with Crippen molar-refractivity contribution < 1.29 is 14.3 Å². The van der Waals surface area contributed by atoms with Gasteiger partial charge in [-0.2, -0.15) is 0 Å². The number of amidine groups is 1. The quantitative estimate of drug-likeness (QED) is 0.341. The van der Waals surface area contributed by atoms with Crippen LogP contribution in [0, 0.1) is 11.3 Å². The van der Waals surface area contributed by atoms with E-state index in [1.165, 1.54) is 6.07 Å². The van der Waals surface area contributed by atoms with Gasteiger partial charge in [-0.1, -0.05) is 12.1 Å². The van der Waals surface area contributed by atoms with E-state index in [2.05, 4.69) is 10.1 Å². The smallest absolute Gasteiger partial charge is 0.384 e. The van der Waals surface area contributed by atoms with E-state index in [1.807, 2.05) is 0 Å². The third-order valence-corrected chi connectivity index (χ3v) is 2.52. The van der Waals surface area contributed by atoms with Crippen LogP contribution in [-0.4, -0.2) is 17.9 Å². The molecule has 1 aliphatic rings. The van der Waals surface area contributed by atoms with Gasteiger partial charge >= 0.3 is 12.1 Å². The molecule has 1 aromatic carbocycles. The molecule has 4 N–H and O–H groups in total. The third-order valence-electron chi connectivity index (χ3n) is 2.52. The third kappa shape index (κ3) is 4.26. The van der Waals surface area contributed by atoms with Crippen molar-refractivity contribution in [3.63, 3.8) is 0 Å². The maximum absolute atomic E-state index is 11.4. The predicted octanol–water partition coefficient (Wildman–Crippen LogP) is 1.88. The van der Waals surface area contributed by atoms with Crippen LogP contribution in [0.4, 0.5) is 10.5 Å². The van der Waals surface area contributed by atoms with Gasteiger partial charge in [-0.25, -0.2) is 4.79 Å². The van der Waals surface area contributed by atoms with E-state index in [1.54, 1.807) is 18.2 Å². The number of carbonyl (C=O) groups is 2. The lowest BCUT2D eigenvalue weighted by Crippen LogP contribution is -2.20. The van der Waals surface area contributed by atoms with Crippen LogP contribution in [0.15, 0.2) is 24.3 Å². The lowest BCUT2D eigenvalue weighted by atomic mass is 10.2. The van der Waals surface area contributed by atoms with E-state index >= 15 is 0 Å². The summed E-state index contributed by atoms with van der Waals surface area (Å²) in [4.78, 5) is 22.6. The van der Waals surface area contributed by atoms with Crippen LogP contribution >= 0.6 is 12.4 Å². The average molecular weight is 284 g/mol. The summed E-state index contributed by atoms with van der Waals surface area (Å²) in [6.45, 7) is 0. The first kappa shape index (κ1) is 15.0. The van der Waals surface area contributed by atoms with E-state index in [0.29, 0.717) is 11.3 Å². The van der Waals surface area contributed by atoms with E-state index in [-0.39, 0.29) is 24.2 Å². The molecule has 0 aromatic heterocycles. The van der Waals surface area contributed by atoms with Crippen molar-refractivity contribution in [2.75, 3.05) is 5.32 Å². The maximum atomic E-state index is 11.4. The highest BCUT2D eigenvalue weighted by atomic mass is 35.5. The first-order valence-corrected chi connectivity index (χ1v) is 5.53. The molecule has 2 rings (SSSR count). The molecule has 7 heteroatoms. The standard InChI is InChI=1S/C12H13N3O3.ClH/c13-10(14)8-2-1-3-9(6-8)15-12(17)18-11(16)7-4-5-7;/h1-3,6-7H,4-5H2,(H3,13,14)(H,15,17);1H. The van der Waals surface area contributed by atoms with Crippen LogP contribution in [0.3, 0.4) is 0 Å². The fourth-order valence-electron chi connectivity index (χ4n) is 1.40. The molecule has 1 aromatic rings. The van der Waals surface area contributed by atoms with Crippen molar-refractivity contribution in [1.29, 1.82) is 5.41 Å². The molecule has 1 fully saturated rings. The van der Waals surface area contributed by atoms with Crippen LogP contribution in [0.25, 0.3) is 0 Å². The highest BCUT2D eigenvalue weighted by Gasteiger charge is 2.32. The summed E-state index contributed by atoms with van der Waals surface area (Å²) in [5.74, 6) is -0.712. The molecule has 19 heavy (non-hydrogen) atoms. The van der Waals surface area contributed by atoms with Gasteiger partial charge in [0.25, 0.3) is 0 Å². The first-order valence-electron chi connectivity index (χ1n) is 5.53. The topological polar surface area (TPSA) is 105 Å². The van der Waals surface area contributed by atoms with Crippen molar-refractivity contribution >= 4 is 36.0 Å². The maximum Gasteiger partial charge on any atom is 0.419 e. The number of nitrogens with one attached hydrogen (secondary N) is 2. The zero-order chi connectivity index (χ0) is 13.1. The Morgan fingerprint density at radius 2 is 2.05 bits per heavy atom. The summed E-state index contributed by atoms with van der Waals surface area (Å²) in [7, 11) is 0. The van der Waals surface area contributed by atoms with E-state index in [0.717, 1.165) is 12.8 Å². The molecule has 1 amide bonds. The fourth-order valence-corrected chi connectivity index (χ4v) is 1.40. The molecule has 1 saturated carbocycles. The number of hydrogen-bond donors (Lipinski definition) is 3. The molecular weight excluding hydrogens is 270 g/mol. The Bertz CT molecular complexity index is 515. The van der Waals surface area contributed by atoms with Crippen molar-refractivity contribution in [2.24, 2.45) is 11.7 Å². The number of halogens is 1. The molecule has 0 unspecified atom stereocenters. The number of esters is 1. The molecule has 0 bridgehead atoms. The Morgan fingerprint density at radius 3 is 2.63 bits per heavy atom. The normalized spacial score (nSPS) is 13.1. The minimum absolute atomic E-state index is 0. The van der Waals surface area contributed by atoms with Gasteiger partial charge in [-0.05, 0) is 25.0 Å². The highest BCUT2D eigenvalue weighted by molar-refractivity contribution is 5.98. The van der Waals surface area contributed by atoms with Crippen molar-refractivity contribution in [3.05, 3.63) is 29.8 Å². The molecule has 102 valence electrons. The number of anilines is 1. The summed E-state index contributed by atoms with van der Waals surface area (Å²) in [6.07, 6.45) is 0.755. The zero-order valence-corrected chi connectivity index (χ0v) is 10.8. The monoisotopic (exact) mass is 283 g/mol. The highest BCUT2D eigenvalue weighted by Crippen LogP contribution is 2.30. The van der Waals surface area contributed by atoms with Crippen LogP contribution in [-0.2, 0) is 9.53 Å². The minimum Gasteiger partial charge on any atom is -0.384 e. The summed E-state index contributed by atoms with van der Waals surface area (Å²) in [6, 6.07) is 6.45. The van der Waals surface area contributed by atoms with Gasteiger partial charge in [0.05, 0.1) is 5.92 Å². The Morgan fingerprint density at radius 1 is 1.37 bits per heavy atom. The summed E-state index contributed by atoms with van der Waals surface area (Å²) in [5.41, 5.74) is 6.24. The molecule has 0 heterocycles. The van der Waals surface area contributed by atoms with Crippen molar-refractivity contribution in [1.82, 2.24) is 0 Å². The Labute approximate surface area is 116 Å². The van der Waals surface area contributed by atoms with Gasteiger partial charge < -0.3 is 10.5 Å². The van der Waals surface area contributed by atoms with Gasteiger partial charge in [-0.15, -0.1) is 12.4 Å². The summed E-state index contributed by atoms with van der Waals surface area (Å²) < 4.78 is 4.60. The van der Waals surface area contributed by atoms with Gasteiger partial charge in [0.15, 0.2) is 0 Å². The molecule has 1 aliphatic carbocycles. The molecule has 0 saturated heterocycles. The van der Waals surface area contributed by atoms with Crippen molar-refractivity contribution in [2.45, 2.75) is 12.8 Å². The number of rotatable bonds is 3. The van der Waals surface area contributed by atoms with Crippen LogP contribution < -0.4 is 11.1 Å². The molecule has 0 atom stereocenters. The predicted molar refractivity (Wildman–Crippen MR) is 72.5 cm³/mol. The number of nitrogens with two attached hydrogens (primary N) is 1. The first-order chi connectivity index (χ1) is 8.56. The zero-order valence-electron chi connectivity index (χ0n) is 10.0. The van der Waals surface area contributed by atoms with Gasteiger partial charge in [0, 0.05) is 11.3 Å². The number of benzene rings is 1. The van der Waals surface area contributed by atoms with E-state index in [9.17, 15) is 9.59 Å². The minimum atomic E-state index is -0.812. The van der Waals surface area contributed by atoms with Crippen LogP contribution in [0.5, 0.6) is 0 Å². The SMILES string of the molecule is Cl.N=C(N)c1cccc(NC(=O)OC(=O)C2CC2)c1. The molecular formula is C12H14ClN3O3. The van der Waals surface area contributed by atoms with Gasteiger partial charge in [-0.3, -0.25) is 15.5 Å². The van der Waals surface area contributed by atoms with Crippen molar-refractivity contribution in [3.8, 4) is 0 Å². The number of carbonyl (C=O) groups excluding carboxylic acids is 2. The Kier molecular flexibility index (Phi) is 4.88. The Hall–Kier alpha value is -2.08. The van der Waals surface area contributed by atoms with Gasteiger partial charge in [0.1, 0.15) is 5.84 Å². The second-order valence-corrected chi connectivity index (χ2v) is 4.10. The van der Waals surface area contributed by atoms with E-state index in [4.69, 9.17) is 11.1 Å². The lowest BCUT2D eigenvalue weighted by molar-refractivity contribution is -0.138. The summed E-state index contributed by atoms with van der Waals surface area (Å²) in [5, 5.41) is 9.69. The van der Waals surface area contributed by atoms with Crippen LogP contribution in [0.1, 0.15) is 18.4 Å². The second-order valence-electron chi connectivity index (χ2n) is 4.10. The molecule has 6 nitrogen and oxygen atoms in total. The fraction of sp³-hybridized carbons (Fsp3) is 0.250. The Balaban J connectivity index is 0.00000180. The number of hydrogen-bond acceptors (Lipinski definition) is 4. The number of amides is 1. The lowest BCUT2D eigenvalue weighted by Gasteiger charge is -2.06. The number of nitrogen functional groups attached to an aromatic ring is 1. The van der Waals surface area contributed by atoms with E-state index < -0.39 is 12.1 Å². The number of ether oxygens (including phenoxy) is 1. The van der Waals surface area contributed by atoms with Gasteiger partial charge in [0.2, 0.25) is 0 Å². The largest absolute Gasteiger partial charge is 0.419 e.